The molecule has 3 aromatic rings. The van der Waals surface area contributed by atoms with Gasteiger partial charge in [0.2, 0.25) is 0 Å². The van der Waals surface area contributed by atoms with Gasteiger partial charge >= 0.3 is 9.95 Å². The summed E-state index contributed by atoms with van der Waals surface area (Å²) in [7, 11) is 0. The number of ether oxygens (including phenoxy) is 2. The second-order valence-electron chi connectivity index (χ2n) is 7.82. The molecule has 8 heteroatoms. The van der Waals surface area contributed by atoms with Gasteiger partial charge in [-0.2, -0.15) is 5.26 Å². The lowest BCUT2D eigenvalue weighted by Crippen LogP contribution is -2.21. The van der Waals surface area contributed by atoms with E-state index in [0.29, 0.717) is 29.2 Å². The van der Waals surface area contributed by atoms with E-state index in [1.807, 2.05) is 61.5 Å². The van der Waals surface area contributed by atoms with Crippen molar-refractivity contribution in [3.8, 4) is 23.3 Å². The Morgan fingerprint density at radius 3 is 2.18 bits per heavy atom. The van der Waals surface area contributed by atoms with Crippen LogP contribution in [0.4, 0.5) is 0 Å². The summed E-state index contributed by atoms with van der Waals surface area (Å²) in [6.07, 6.45) is 0.342. The Labute approximate surface area is 213 Å². The van der Waals surface area contributed by atoms with Crippen molar-refractivity contribution < 1.29 is 19.4 Å². The molecule has 1 N–H and O–H groups in total. The summed E-state index contributed by atoms with van der Waals surface area (Å²) in [5.74, 6) is -1.08. The number of hydrogen-bond acceptors (Lipinski definition) is 4. The third kappa shape index (κ3) is 7.30. The predicted octanol–water partition coefficient (Wildman–Crippen LogP) is 7.69. The summed E-state index contributed by atoms with van der Waals surface area (Å²) in [5, 5.41) is 19.8. The molecule has 176 valence electrons. The normalized spacial score (nSPS) is 13.9. The van der Waals surface area contributed by atoms with Crippen LogP contribution in [-0.2, 0) is 4.79 Å². The quantitative estimate of drug-likeness (QED) is 0.294. The van der Waals surface area contributed by atoms with Crippen LogP contribution >= 0.6 is 34.8 Å². The number of rotatable bonds is 9. The van der Waals surface area contributed by atoms with E-state index in [1.165, 1.54) is 0 Å². The number of carboxylic acid groups (broad SMARTS) is 1. The number of alkyl halides is 3. The minimum atomic E-state index is -1.92. The van der Waals surface area contributed by atoms with Gasteiger partial charge in [-0.3, -0.25) is 4.79 Å². The van der Waals surface area contributed by atoms with Crippen molar-refractivity contribution in [3.63, 3.8) is 0 Å². The Balaban J connectivity index is 1.76. The van der Waals surface area contributed by atoms with Crippen LogP contribution < -0.4 is 9.47 Å². The fourth-order valence-electron chi connectivity index (χ4n) is 3.78. The van der Waals surface area contributed by atoms with Crippen molar-refractivity contribution in [2.24, 2.45) is 5.92 Å². The zero-order valence-electron chi connectivity index (χ0n) is 18.2. The van der Waals surface area contributed by atoms with Gasteiger partial charge in [0.15, 0.2) is 0 Å². The molecule has 3 atom stereocenters. The topological polar surface area (TPSA) is 79.5 Å². The monoisotopic (exact) mass is 517 g/mol. The SMILES string of the molecule is CC(CC(C#N)c1cccc(Oc2ccccc2)c1)C(C(=O)O)c1ccc(OC(Cl)(Cl)Cl)cc1. The van der Waals surface area contributed by atoms with E-state index in [9.17, 15) is 15.2 Å². The van der Waals surface area contributed by atoms with Crippen LogP contribution in [0.5, 0.6) is 17.2 Å². The third-order valence-corrected chi connectivity index (χ3v) is 5.54. The van der Waals surface area contributed by atoms with Crippen molar-refractivity contribution in [2.75, 3.05) is 0 Å². The zero-order valence-corrected chi connectivity index (χ0v) is 20.5. The summed E-state index contributed by atoms with van der Waals surface area (Å²) in [5.41, 5.74) is 1.33. The number of nitrogens with zero attached hydrogens (tertiary/aromatic N) is 1. The van der Waals surface area contributed by atoms with Crippen LogP contribution in [0.2, 0.25) is 0 Å². The van der Waals surface area contributed by atoms with Crippen molar-refractivity contribution in [1.29, 1.82) is 5.26 Å². The first kappa shape index (κ1) is 25.7. The van der Waals surface area contributed by atoms with Crippen LogP contribution in [0, 0.1) is 17.2 Å². The molecule has 34 heavy (non-hydrogen) atoms. The summed E-state index contributed by atoms with van der Waals surface area (Å²) >= 11 is 16.9. The van der Waals surface area contributed by atoms with Crippen LogP contribution in [-0.4, -0.2) is 15.1 Å². The number of hydrogen-bond donors (Lipinski definition) is 1. The Hall–Kier alpha value is -2.91. The number of nitriles is 1. The van der Waals surface area contributed by atoms with Gasteiger partial charge in [0.05, 0.1) is 17.9 Å². The van der Waals surface area contributed by atoms with E-state index < -0.39 is 21.8 Å². The van der Waals surface area contributed by atoms with Gasteiger partial charge in [-0.1, -0.05) is 49.4 Å². The van der Waals surface area contributed by atoms with Gasteiger partial charge in [0, 0.05) is 0 Å². The molecule has 5 nitrogen and oxygen atoms in total. The average Bonchev–Trinajstić information content (AvgIpc) is 2.78. The molecule has 0 radical (unpaired) electrons. The Morgan fingerprint density at radius 2 is 1.59 bits per heavy atom. The maximum Gasteiger partial charge on any atom is 0.338 e. The summed E-state index contributed by atoms with van der Waals surface area (Å²) in [6, 6.07) is 25.3. The summed E-state index contributed by atoms with van der Waals surface area (Å²) < 4.78 is 9.10. The molecule has 3 aromatic carbocycles. The van der Waals surface area contributed by atoms with E-state index in [0.717, 1.165) is 5.56 Å². The maximum atomic E-state index is 12.1. The molecule has 0 aliphatic heterocycles. The first-order valence-electron chi connectivity index (χ1n) is 10.5. The lowest BCUT2D eigenvalue weighted by atomic mass is 9.80. The van der Waals surface area contributed by atoms with E-state index in [2.05, 4.69) is 6.07 Å². The largest absolute Gasteiger partial charge is 0.481 e. The minimum absolute atomic E-state index is 0.297. The molecule has 0 amide bonds. The number of benzene rings is 3. The molecule has 0 aliphatic rings. The summed E-state index contributed by atoms with van der Waals surface area (Å²) in [4.78, 5) is 12.1. The number of carboxylic acids is 1. The number of carbonyl (C=O) groups is 1. The molecular weight excluding hydrogens is 497 g/mol. The zero-order chi connectivity index (χ0) is 24.7. The molecule has 0 saturated carbocycles. The van der Waals surface area contributed by atoms with E-state index in [-0.39, 0.29) is 5.92 Å². The average molecular weight is 519 g/mol. The Bertz CT molecular complexity index is 1140. The second-order valence-corrected chi connectivity index (χ2v) is 9.99. The smallest absolute Gasteiger partial charge is 0.338 e. The van der Waals surface area contributed by atoms with Crippen molar-refractivity contribution in [1.82, 2.24) is 0 Å². The summed E-state index contributed by atoms with van der Waals surface area (Å²) in [6.45, 7) is 1.82. The molecule has 3 rings (SSSR count). The number of para-hydroxylation sites is 1. The second kappa shape index (κ2) is 11.5. The first-order chi connectivity index (χ1) is 16.2. The first-order valence-corrected chi connectivity index (χ1v) is 11.6. The molecule has 0 saturated heterocycles. The Morgan fingerprint density at radius 1 is 0.941 bits per heavy atom. The van der Waals surface area contributed by atoms with Crippen LogP contribution in [0.3, 0.4) is 0 Å². The van der Waals surface area contributed by atoms with E-state index in [4.69, 9.17) is 44.3 Å². The molecule has 0 fully saturated rings. The highest BCUT2D eigenvalue weighted by atomic mass is 35.6. The van der Waals surface area contributed by atoms with Gasteiger partial charge in [-0.05, 0) is 94.7 Å². The van der Waals surface area contributed by atoms with Gasteiger partial charge in [0.25, 0.3) is 0 Å². The van der Waals surface area contributed by atoms with Crippen LogP contribution in [0.25, 0.3) is 0 Å². The van der Waals surface area contributed by atoms with Crippen molar-refractivity contribution in [3.05, 3.63) is 90.0 Å². The van der Waals surface area contributed by atoms with E-state index in [1.54, 1.807) is 24.3 Å². The lowest BCUT2D eigenvalue weighted by Gasteiger charge is -2.23. The van der Waals surface area contributed by atoms with Gasteiger partial charge < -0.3 is 14.6 Å². The standard InChI is InChI=1S/C26H22Cl3NO4/c1-17(24(25(31)32)18-10-12-22(13-11-18)34-26(27,28)29)14-20(16-30)19-6-5-9-23(15-19)33-21-7-3-2-4-8-21/h2-13,15,17,20,24H,14H2,1H3,(H,31,32). The van der Waals surface area contributed by atoms with Crippen molar-refractivity contribution >= 4 is 40.8 Å². The molecule has 3 unspecified atom stereocenters. The van der Waals surface area contributed by atoms with Gasteiger partial charge in [0.1, 0.15) is 17.2 Å². The fraction of sp³-hybridized carbons (Fsp3) is 0.231. The minimum Gasteiger partial charge on any atom is -0.481 e. The van der Waals surface area contributed by atoms with Crippen LogP contribution in [0.1, 0.15) is 36.3 Å². The highest BCUT2D eigenvalue weighted by Gasteiger charge is 2.30. The highest BCUT2D eigenvalue weighted by Crippen LogP contribution is 2.36. The van der Waals surface area contributed by atoms with Crippen molar-refractivity contribution in [2.45, 2.75) is 29.2 Å². The maximum absolute atomic E-state index is 12.1. The molecular formula is C26H22Cl3NO4. The predicted molar refractivity (Wildman–Crippen MR) is 133 cm³/mol. The van der Waals surface area contributed by atoms with Crippen LogP contribution in [0.15, 0.2) is 78.9 Å². The third-order valence-electron chi connectivity index (χ3n) is 5.31. The van der Waals surface area contributed by atoms with Gasteiger partial charge in [-0.15, -0.1) is 0 Å². The van der Waals surface area contributed by atoms with Gasteiger partial charge in [-0.25, -0.2) is 0 Å². The van der Waals surface area contributed by atoms with E-state index >= 15 is 0 Å². The molecule has 0 heterocycles. The molecule has 0 bridgehead atoms. The number of aliphatic carboxylic acids is 1. The lowest BCUT2D eigenvalue weighted by molar-refractivity contribution is -0.140. The Kier molecular flexibility index (Phi) is 8.68. The molecule has 0 aromatic heterocycles. The number of halogens is 3. The highest BCUT2D eigenvalue weighted by molar-refractivity contribution is 6.66. The molecule has 0 spiro atoms. The molecule has 0 aliphatic carbocycles. The fourth-order valence-corrected chi connectivity index (χ4v) is 4.05.